The zero-order chi connectivity index (χ0) is 25.9. The van der Waals surface area contributed by atoms with Crippen LogP contribution in [0.15, 0.2) is 36.5 Å². The molecule has 37 heavy (non-hydrogen) atoms. The van der Waals surface area contributed by atoms with Crippen molar-refractivity contribution in [3.63, 3.8) is 0 Å². The normalized spacial score (nSPS) is 15.0. The van der Waals surface area contributed by atoms with E-state index in [4.69, 9.17) is 4.74 Å². The summed E-state index contributed by atoms with van der Waals surface area (Å²) < 4.78 is 20.7. The van der Waals surface area contributed by atoms with Gasteiger partial charge in [-0.3, -0.25) is 0 Å². The third-order valence-electron chi connectivity index (χ3n) is 6.55. The topological polar surface area (TPSA) is 113 Å². The maximum absolute atomic E-state index is 15.0. The van der Waals surface area contributed by atoms with Crippen LogP contribution in [0.3, 0.4) is 0 Å². The SMILES string of the molecule is CC(C)N1CCOc2c(C#N)cc(-c3nc(Nc4ccc(N5CCNCC5)c(C#N)c4)ncc3F)cc21. The fourth-order valence-electron chi connectivity index (χ4n) is 4.74. The molecular formula is C27H27FN8O. The van der Waals surface area contributed by atoms with E-state index in [1.807, 2.05) is 12.1 Å². The molecule has 5 rings (SSSR count). The third kappa shape index (κ3) is 4.84. The molecule has 3 aromatic rings. The van der Waals surface area contributed by atoms with Crippen LogP contribution in [0.2, 0.25) is 0 Å². The molecule has 2 aliphatic heterocycles. The molecule has 2 N–H and O–H groups in total. The van der Waals surface area contributed by atoms with Crippen LogP contribution >= 0.6 is 0 Å². The van der Waals surface area contributed by atoms with E-state index in [-0.39, 0.29) is 17.7 Å². The van der Waals surface area contributed by atoms with Crippen LogP contribution in [0, 0.1) is 28.5 Å². The van der Waals surface area contributed by atoms with Gasteiger partial charge in [-0.15, -0.1) is 0 Å². The molecule has 2 aromatic carbocycles. The Bertz CT molecular complexity index is 1400. The molecule has 9 nitrogen and oxygen atoms in total. The van der Waals surface area contributed by atoms with Gasteiger partial charge in [0.15, 0.2) is 11.6 Å². The first-order chi connectivity index (χ1) is 18.0. The van der Waals surface area contributed by atoms with Crippen molar-refractivity contribution in [2.45, 2.75) is 19.9 Å². The number of nitrogens with zero attached hydrogens (tertiary/aromatic N) is 6. The van der Waals surface area contributed by atoms with E-state index in [0.29, 0.717) is 41.3 Å². The van der Waals surface area contributed by atoms with Crippen molar-refractivity contribution >= 4 is 23.0 Å². The average Bonchev–Trinajstić information content (AvgIpc) is 2.93. The summed E-state index contributed by atoms with van der Waals surface area (Å²) in [6, 6.07) is 13.5. The Morgan fingerprint density at radius 1 is 1.05 bits per heavy atom. The molecule has 0 radical (unpaired) electrons. The molecule has 1 fully saturated rings. The van der Waals surface area contributed by atoms with Gasteiger partial charge in [0.2, 0.25) is 5.95 Å². The Morgan fingerprint density at radius 3 is 2.57 bits per heavy atom. The van der Waals surface area contributed by atoms with E-state index in [1.165, 1.54) is 0 Å². The summed E-state index contributed by atoms with van der Waals surface area (Å²) in [4.78, 5) is 12.8. The summed E-state index contributed by atoms with van der Waals surface area (Å²) in [5, 5.41) is 25.9. The Balaban J connectivity index is 1.48. The standard InChI is InChI=1S/C27H27FN8O/c1-17(2)36-9-10-37-26-20(15-30)11-18(13-24(26)36)25-22(28)16-32-27(34-25)33-21-3-4-23(19(12-21)14-29)35-7-5-31-6-8-35/h3-4,11-13,16-17,31H,5-10H2,1-2H3,(H,32,33,34). The molecule has 3 heterocycles. The molecule has 0 atom stereocenters. The number of piperazine rings is 1. The number of benzene rings is 2. The van der Waals surface area contributed by atoms with Gasteiger partial charge in [0, 0.05) is 43.5 Å². The van der Waals surface area contributed by atoms with Crippen molar-refractivity contribution in [3.05, 3.63) is 53.5 Å². The van der Waals surface area contributed by atoms with Crippen molar-refractivity contribution in [2.75, 3.05) is 54.4 Å². The van der Waals surface area contributed by atoms with Crippen LogP contribution < -0.4 is 25.2 Å². The fraction of sp³-hybridized carbons (Fsp3) is 0.333. The van der Waals surface area contributed by atoms with Crippen LogP contribution in [0.5, 0.6) is 5.75 Å². The summed E-state index contributed by atoms with van der Waals surface area (Å²) in [5.74, 6) is 0.0880. The second-order valence-corrected chi connectivity index (χ2v) is 9.22. The molecule has 2 aliphatic rings. The van der Waals surface area contributed by atoms with Crippen molar-refractivity contribution in [1.82, 2.24) is 15.3 Å². The number of anilines is 4. The number of hydrogen-bond donors (Lipinski definition) is 2. The second kappa shape index (κ2) is 10.3. The first-order valence-electron chi connectivity index (χ1n) is 12.3. The Kier molecular flexibility index (Phi) is 6.76. The number of nitrogens with one attached hydrogen (secondary N) is 2. The zero-order valence-electron chi connectivity index (χ0n) is 20.8. The highest BCUT2D eigenvalue weighted by Gasteiger charge is 2.25. The van der Waals surface area contributed by atoms with Crippen LogP contribution in [-0.4, -0.2) is 55.3 Å². The molecule has 1 aromatic heterocycles. The zero-order valence-corrected chi connectivity index (χ0v) is 20.8. The Morgan fingerprint density at radius 2 is 1.84 bits per heavy atom. The van der Waals surface area contributed by atoms with Gasteiger partial charge in [0.05, 0.1) is 35.2 Å². The van der Waals surface area contributed by atoms with E-state index < -0.39 is 5.82 Å². The molecule has 1 saturated heterocycles. The van der Waals surface area contributed by atoms with Gasteiger partial charge >= 0.3 is 0 Å². The highest BCUT2D eigenvalue weighted by atomic mass is 19.1. The monoisotopic (exact) mass is 498 g/mol. The summed E-state index contributed by atoms with van der Waals surface area (Å²) >= 11 is 0. The minimum absolute atomic E-state index is 0.0732. The molecule has 0 spiro atoms. The minimum Gasteiger partial charge on any atom is -0.488 e. The minimum atomic E-state index is -0.603. The summed E-state index contributed by atoms with van der Waals surface area (Å²) in [5.41, 5.74) is 3.64. The van der Waals surface area contributed by atoms with Crippen molar-refractivity contribution in [3.8, 4) is 29.1 Å². The highest BCUT2D eigenvalue weighted by molar-refractivity contribution is 5.77. The molecule has 10 heteroatoms. The largest absolute Gasteiger partial charge is 0.488 e. The molecule has 0 saturated carbocycles. The van der Waals surface area contributed by atoms with Gasteiger partial charge in [-0.25, -0.2) is 14.4 Å². The average molecular weight is 499 g/mol. The third-order valence-corrected chi connectivity index (χ3v) is 6.55. The van der Waals surface area contributed by atoms with Gasteiger partial charge in [-0.2, -0.15) is 10.5 Å². The van der Waals surface area contributed by atoms with Gasteiger partial charge < -0.3 is 25.2 Å². The highest BCUT2D eigenvalue weighted by Crippen LogP contribution is 2.40. The lowest BCUT2D eigenvalue weighted by atomic mass is 10.0. The summed E-state index contributed by atoms with van der Waals surface area (Å²) in [6.45, 7) is 8.67. The van der Waals surface area contributed by atoms with Crippen LogP contribution in [0.25, 0.3) is 11.3 Å². The number of nitriles is 2. The predicted octanol–water partition coefficient (Wildman–Crippen LogP) is 3.79. The van der Waals surface area contributed by atoms with Crippen molar-refractivity contribution in [2.24, 2.45) is 0 Å². The number of rotatable bonds is 5. The number of ether oxygens (including phenoxy) is 1. The van der Waals surface area contributed by atoms with E-state index >= 15 is 0 Å². The van der Waals surface area contributed by atoms with Crippen LogP contribution in [-0.2, 0) is 0 Å². The van der Waals surface area contributed by atoms with E-state index in [9.17, 15) is 14.9 Å². The summed E-state index contributed by atoms with van der Waals surface area (Å²) in [7, 11) is 0. The molecular weight excluding hydrogens is 471 g/mol. The quantitative estimate of drug-likeness (QED) is 0.542. The lowest BCUT2D eigenvalue weighted by molar-refractivity contribution is 0.302. The fourth-order valence-corrected chi connectivity index (χ4v) is 4.74. The maximum Gasteiger partial charge on any atom is 0.227 e. The second-order valence-electron chi connectivity index (χ2n) is 9.22. The molecule has 0 bridgehead atoms. The lowest BCUT2D eigenvalue weighted by Gasteiger charge is -2.35. The molecule has 0 unspecified atom stereocenters. The Hall–Kier alpha value is -4.41. The smallest absolute Gasteiger partial charge is 0.227 e. The van der Waals surface area contributed by atoms with E-state index in [1.54, 1.807) is 18.2 Å². The number of hydrogen-bond acceptors (Lipinski definition) is 9. The lowest BCUT2D eigenvalue weighted by Crippen LogP contribution is -2.43. The first kappa shape index (κ1) is 24.3. The van der Waals surface area contributed by atoms with Crippen LogP contribution in [0.4, 0.5) is 27.4 Å². The van der Waals surface area contributed by atoms with E-state index in [2.05, 4.69) is 56.4 Å². The molecule has 0 amide bonds. The maximum atomic E-state index is 15.0. The number of halogens is 1. The number of fused-ring (bicyclic) bond motifs is 1. The van der Waals surface area contributed by atoms with Crippen molar-refractivity contribution in [1.29, 1.82) is 10.5 Å². The van der Waals surface area contributed by atoms with E-state index in [0.717, 1.165) is 43.8 Å². The molecule has 188 valence electrons. The van der Waals surface area contributed by atoms with Gasteiger partial charge in [-0.05, 0) is 44.2 Å². The Labute approximate surface area is 215 Å². The first-order valence-corrected chi connectivity index (χ1v) is 12.3. The molecule has 0 aliphatic carbocycles. The van der Waals surface area contributed by atoms with Gasteiger partial charge in [0.25, 0.3) is 0 Å². The van der Waals surface area contributed by atoms with Gasteiger partial charge in [0.1, 0.15) is 24.4 Å². The number of aromatic nitrogens is 2. The van der Waals surface area contributed by atoms with Crippen LogP contribution in [0.1, 0.15) is 25.0 Å². The van der Waals surface area contributed by atoms with Gasteiger partial charge in [-0.1, -0.05) is 0 Å². The summed E-state index contributed by atoms with van der Waals surface area (Å²) in [6.07, 6.45) is 1.10. The van der Waals surface area contributed by atoms with Crippen molar-refractivity contribution < 1.29 is 9.13 Å². The predicted molar refractivity (Wildman–Crippen MR) is 140 cm³/mol.